The van der Waals surface area contributed by atoms with Crippen LogP contribution in [-0.4, -0.2) is 60.9 Å². The molecule has 1 atom stereocenters. The number of nitriles is 1. The number of piperidine rings is 1. The minimum Gasteiger partial charge on any atom is -0.378 e. The number of likely N-dealkylation sites (tertiary alicyclic amines) is 1. The van der Waals surface area contributed by atoms with Gasteiger partial charge in [0.25, 0.3) is 5.91 Å². The lowest BCUT2D eigenvalue weighted by atomic mass is 10.1. The summed E-state index contributed by atoms with van der Waals surface area (Å²) in [5.41, 5.74) is 4.71. The monoisotopic (exact) mass is 428 g/mol. The number of anilines is 1. The molecular weight excluding hydrogens is 400 g/mol. The maximum absolute atomic E-state index is 13.3. The van der Waals surface area contributed by atoms with Crippen molar-refractivity contribution in [2.45, 2.75) is 18.9 Å². The summed E-state index contributed by atoms with van der Waals surface area (Å²) >= 11 is 0. The molecule has 1 amide bonds. The van der Waals surface area contributed by atoms with Gasteiger partial charge in [-0.2, -0.15) is 10.4 Å². The molecule has 0 spiro atoms. The van der Waals surface area contributed by atoms with Crippen LogP contribution in [0.2, 0.25) is 0 Å². The SMILES string of the molecule is CNC1CCCN(C(=O)c2cc(-c3ccc(C#N)cc3)n(-c3ccc(N(C)C)cc3)n2)C1. The Kier molecular flexibility index (Phi) is 6.24. The highest BCUT2D eigenvalue weighted by atomic mass is 16.2. The Bertz CT molecular complexity index is 1120. The number of benzene rings is 2. The van der Waals surface area contributed by atoms with E-state index >= 15 is 0 Å². The first-order chi connectivity index (χ1) is 15.5. The normalized spacial score (nSPS) is 15.9. The lowest BCUT2D eigenvalue weighted by Crippen LogP contribution is -2.47. The van der Waals surface area contributed by atoms with Gasteiger partial charge in [0.1, 0.15) is 0 Å². The van der Waals surface area contributed by atoms with E-state index in [-0.39, 0.29) is 5.91 Å². The van der Waals surface area contributed by atoms with Crippen LogP contribution >= 0.6 is 0 Å². The molecule has 1 saturated heterocycles. The molecule has 7 nitrogen and oxygen atoms in total. The molecule has 1 aromatic heterocycles. The van der Waals surface area contributed by atoms with E-state index < -0.39 is 0 Å². The van der Waals surface area contributed by atoms with Gasteiger partial charge < -0.3 is 15.1 Å². The zero-order chi connectivity index (χ0) is 22.7. The molecule has 2 heterocycles. The summed E-state index contributed by atoms with van der Waals surface area (Å²) < 4.78 is 1.81. The zero-order valence-electron chi connectivity index (χ0n) is 18.7. The first-order valence-corrected chi connectivity index (χ1v) is 10.8. The molecule has 1 unspecified atom stereocenters. The number of carbonyl (C=O) groups excluding carboxylic acids is 1. The fourth-order valence-corrected chi connectivity index (χ4v) is 4.05. The van der Waals surface area contributed by atoms with Crippen molar-refractivity contribution < 1.29 is 4.79 Å². The van der Waals surface area contributed by atoms with Crippen molar-refractivity contribution in [1.29, 1.82) is 5.26 Å². The van der Waals surface area contributed by atoms with Gasteiger partial charge in [0, 0.05) is 44.5 Å². The Morgan fingerprint density at radius 2 is 1.88 bits per heavy atom. The summed E-state index contributed by atoms with van der Waals surface area (Å²) in [6.45, 7) is 1.43. The number of likely N-dealkylation sites (N-methyl/N-ethyl adjacent to an activating group) is 1. The molecule has 0 bridgehead atoms. The highest BCUT2D eigenvalue weighted by Gasteiger charge is 2.26. The summed E-state index contributed by atoms with van der Waals surface area (Å²) in [4.78, 5) is 17.2. The fourth-order valence-electron chi connectivity index (χ4n) is 4.05. The molecule has 3 aromatic rings. The van der Waals surface area contributed by atoms with Crippen molar-refractivity contribution in [2.24, 2.45) is 0 Å². The van der Waals surface area contributed by atoms with Gasteiger partial charge in [0.05, 0.1) is 23.0 Å². The molecule has 0 radical (unpaired) electrons. The molecule has 2 aromatic carbocycles. The second kappa shape index (κ2) is 9.25. The number of hydrogen-bond acceptors (Lipinski definition) is 5. The molecule has 0 saturated carbocycles. The Labute approximate surface area is 188 Å². The second-order valence-corrected chi connectivity index (χ2v) is 8.31. The van der Waals surface area contributed by atoms with Gasteiger partial charge in [0.15, 0.2) is 5.69 Å². The number of nitrogens with zero attached hydrogens (tertiary/aromatic N) is 5. The number of hydrogen-bond donors (Lipinski definition) is 1. The quantitative estimate of drug-likeness (QED) is 0.675. The molecule has 1 aliphatic heterocycles. The van der Waals surface area contributed by atoms with Gasteiger partial charge in [-0.05, 0) is 62.4 Å². The van der Waals surface area contributed by atoms with Crippen molar-refractivity contribution in [3.8, 4) is 23.0 Å². The molecule has 4 rings (SSSR count). The third-order valence-electron chi connectivity index (χ3n) is 5.97. The van der Waals surface area contributed by atoms with Gasteiger partial charge in [-0.3, -0.25) is 4.79 Å². The molecule has 7 heteroatoms. The average molecular weight is 429 g/mol. The molecule has 1 N–H and O–H groups in total. The average Bonchev–Trinajstić information content (AvgIpc) is 3.29. The molecule has 1 aliphatic rings. The van der Waals surface area contributed by atoms with Crippen LogP contribution in [0.5, 0.6) is 0 Å². The number of amides is 1. The van der Waals surface area contributed by atoms with Gasteiger partial charge in [-0.1, -0.05) is 12.1 Å². The van der Waals surface area contributed by atoms with Crippen LogP contribution in [0.25, 0.3) is 16.9 Å². The predicted molar refractivity (Wildman–Crippen MR) is 126 cm³/mol. The first kappa shape index (κ1) is 21.6. The topological polar surface area (TPSA) is 77.2 Å². The van der Waals surface area contributed by atoms with Crippen molar-refractivity contribution in [2.75, 3.05) is 39.1 Å². The minimum atomic E-state index is -0.0523. The summed E-state index contributed by atoms with van der Waals surface area (Å²) in [5.74, 6) is -0.0523. The maximum Gasteiger partial charge on any atom is 0.274 e. The Balaban J connectivity index is 1.74. The third-order valence-corrected chi connectivity index (χ3v) is 5.97. The van der Waals surface area contributed by atoms with E-state index in [1.807, 2.05) is 78.1 Å². The summed E-state index contributed by atoms with van der Waals surface area (Å²) in [7, 11) is 5.94. The van der Waals surface area contributed by atoms with Crippen LogP contribution in [0, 0.1) is 11.3 Å². The molecule has 32 heavy (non-hydrogen) atoms. The largest absolute Gasteiger partial charge is 0.378 e. The maximum atomic E-state index is 13.3. The van der Waals surface area contributed by atoms with E-state index in [1.54, 1.807) is 12.1 Å². The van der Waals surface area contributed by atoms with Crippen molar-refractivity contribution in [1.82, 2.24) is 20.0 Å². The van der Waals surface area contributed by atoms with Crippen molar-refractivity contribution >= 4 is 11.6 Å². The molecular formula is C25H28N6O. The van der Waals surface area contributed by atoms with Crippen LogP contribution < -0.4 is 10.2 Å². The van der Waals surface area contributed by atoms with E-state index in [9.17, 15) is 4.79 Å². The van der Waals surface area contributed by atoms with Crippen LogP contribution in [0.15, 0.2) is 54.6 Å². The number of nitrogens with one attached hydrogen (secondary N) is 1. The van der Waals surface area contributed by atoms with Crippen LogP contribution in [0.3, 0.4) is 0 Å². The molecule has 0 aliphatic carbocycles. The van der Waals surface area contributed by atoms with Gasteiger partial charge >= 0.3 is 0 Å². The Morgan fingerprint density at radius 1 is 1.16 bits per heavy atom. The smallest absolute Gasteiger partial charge is 0.274 e. The van der Waals surface area contributed by atoms with E-state index in [2.05, 4.69) is 11.4 Å². The highest BCUT2D eigenvalue weighted by Crippen LogP contribution is 2.27. The molecule has 1 fully saturated rings. The van der Waals surface area contributed by atoms with Gasteiger partial charge in [0.2, 0.25) is 0 Å². The zero-order valence-corrected chi connectivity index (χ0v) is 18.7. The van der Waals surface area contributed by atoms with Crippen molar-refractivity contribution in [3.63, 3.8) is 0 Å². The number of rotatable bonds is 5. The standard InChI is InChI=1S/C25H28N6O/c1-27-20-5-4-14-30(17-20)25(32)23-15-24(19-8-6-18(16-26)7-9-19)31(28-23)22-12-10-21(11-13-22)29(2)3/h6-13,15,20,27H,4-5,14,17H2,1-3H3. The van der Waals surface area contributed by atoms with Gasteiger partial charge in [-0.25, -0.2) is 4.68 Å². The van der Waals surface area contributed by atoms with Crippen LogP contribution in [0.1, 0.15) is 28.9 Å². The minimum absolute atomic E-state index is 0.0523. The Morgan fingerprint density at radius 3 is 2.50 bits per heavy atom. The second-order valence-electron chi connectivity index (χ2n) is 8.31. The summed E-state index contributed by atoms with van der Waals surface area (Å²) in [6, 6.07) is 19.7. The van der Waals surface area contributed by atoms with E-state index in [1.165, 1.54) is 0 Å². The van der Waals surface area contributed by atoms with Gasteiger partial charge in [-0.15, -0.1) is 0 Å². The summed E-state index contributed by atoms with van der Waals surface area (Å²) in [6.07, 6.45) is 2.05. The van der Waals surface area contributed by atoms with E-state index in [0.717, 1.165) is 42.0 Å². The highest BCUT2D eigenvalue weighted by molar-refractivity contribution is 5.93. The number of carbonyl (C=O) groups is 1. The Hall–Kier alpha value is -3.63. The van der Waals surface area contributed by atoms with Crippen molar-refractivity contribution in [3.05, 3.63) is 65.9 Å². The fraction of sp³-hybridized carbons (Fsp3) is 0.320. The van der Waals surface area contributed by atoms with E-state index in [0.29, 0.717) is 23.8 Å². The van der Waals surface area contributed by atoms with E-state index in [4.69, 9.17) is 10.4 Å². The molecule has 164 valence electrons. The predicted octanol–water partition coefficient (Wildman–Crippen LogP) is 3.30. The van der Waals surface area contributed by atoms with Crippen LogP contribution in [0.4, 0.5) is 5.69 Å². The lowest BCUT2D eigenvalue weighted by Gasteiger charge is -2.32. The third kappa shape index (κ3) is 4.36. The number of aromatic nitrogens is 2. The first-order valence-electron chi connectivity index (χ1n) is 10.8. The summed E-state index contributed by atoms with van der Waals surface area (Å²) in [5, 5.41) is 17.1. The lowest BCUT2D eigenvalue weighted by molar-refractivity contribution is 0.0691. The van der Waals surface area contributed by atoms with Crippen LogP contribution in [-0.2, 0) is 0 Å².